The SMILES string of the molecule is COCCOc1cccc(C(=O)N2CCNCC2c2ccccc2OC)c1. The smallest absolute Gasteiger partial charge is 0.254 e. The number of carbonyl (C=O) groups excluding carboxylic acids is 1. The molecule has 1 saturated heterocycles. The maximum atomic E-state index is 13.2. The number of nitrogens with zero attached hydrogens (tertiary/aromatic N) is 1. The summed E-state index contributed by atoms with van der Waals surface area (Å²) in [5.41, 5.74) is 1.62. The molecule has 1 N–H and O–H groups in total. The van der Waals surface area contributed by atoms with Gasteiger partial charge in [-0.1, -0.05) is 24.3 Å². The topological polar surface area (TPSA) is 60.0 Å². The summed E-state index contributed by atoms with van der Waals surface area (Å²) in [6.07, 6.45) is 0. The van der Waals surface area contributed by atoms with Crippen molar-refractivity contribution >= 4 is 5.91 Å². The third-order valence-corrected chi connectivity index (χ3v) is 4.64. The van der Waals surface area contributed by atoms with Crippen LogP contribution in [0.5, 0.6) is 11.5 Å². The second-order valence-electron chi connectivity index (χ2n) is 6.33. The maximum absolute atomic E-state index is 13.2. The molecule has 1 fully saturated rings. The van der Waals surface area contributed by atoms with E-state index in [9.17, 15) is 4.79 Å². The Labute approximate surface area is 160 Å². The number of rotatable bonds is 7. The summed E-state index contributed by atoms with van der Waals surface area (Å²) in [5, 5.41) is 3.38. The zero-order chi connectivity index (χ0) is 19.1. The van der Waals surface area contributed by atoms with Crippen molar-refractivity contribution in [2.24, 2.45) is 0 Å². The molecule has 6 heteroatoms. The minimum Gasteiger partial charge on any atom is -0.496 e. The molecule has 3 rings (SSSR count). The van der Waals surface area contributed by atoms with Crippen molar-refractivity contribution in [2.45, 2.75) is 6.04 Å². The molecule has 2 aromatic carbocycles. The van der Waals surface area contributed by atoms with Crippen LogP contribution in [-0.2, 0) is 4.74 Å². The lowest BCUT2D eigenvalue weighted by atomic mass is 10.0. The summed E-state index contributed by atoms with van der Waals surface area (Å²) < 4.78 is 16.2. The summed E-state index contributed by atoms with van der Waals surface area (Å²) in [6.45, 7) is 3.05. The lowest BCUT2D eigenvalue weighted by molar-refractivity contribution is 0.0631. The number of para-hydroxylation sites is 1. The number of methoxy groups -OCH3 is 2. The van der Waals surface area contributed by atoms with Crippen molar-refractivity contribution < 1.29 is 19.0 Å². The molecule has 1 atom stereocenters. The van der Waals surface area contributed by atoms with Gasteiger partial charge >= 0.3 is 0 Å². The molecule has 1 heterocycles. The van der Waals surface area contributed by atoms with Gasteiger partial charge in [0.25, 0.3) is 5.91 Å². The van der Waals surface area contributed by atoms with Crippen molar-refractivity contribution in [1.82, 2.24) is 10.2 Å². The average Bonchev–Trinajstić information content (AvgIpc) is 2.73. The third-order valence-electron chi connectivity index (χ3n) is 4.64. The van der Waals surface area contributed by atoms with E-state index in [0.717, 1.165) is 17.9 Å². The summed E-state index contributed by atoms with van der Waals surface area (Å²) >= 11 is 0. The van der Waals surface area contributed by atoms with Gasteiger partial charge in [0.15, 0.2) is 0 Å². The Morgan fingerprint density at radius 2 is 2.00 bits per heavy atom. The van der Waals surface area contributed by atoms with Crippen LogP contribution in [0.1, 0.15) is 22.0 Å². The Morgan fingerprint density at radius 1 is 1.15 bits per heavy atom. The monoisotopic (exact) mass is 370 g/mol. The second kappa shape index (κ2) is 9.39. The molecule has 1 aliphatic rings. The molecule has 1 amide bonds. The van der Waals surface area contributed by atoms with Gasteiger partial charge in [0.1, 0.15) is 18.1 Å². The van der Waals surface area contributed by atoms with Gasteiger partial charge in [-0.25, -0.2) is 0 Å². The normalized spacial score (nSPS) is 16.8. The van der Waals surface area contributed by atoms with Crippen LogP contribution in [0.4, 0.5) is 0 Å². The molecule has 144 valence electrons. The van der Waals surface area contributed by atoms with Crippen LogP contribution in [0, 0.1) is 0 Å². The van der Waals surface area contributed by atoms with Crippen LogP contribution in [0.15, 0.2) is 48.5 Å². The van der Waals surface area contributed by atoms with Crippen molar-refractivity contribution in [1.29, 1.82) is 0 Å². The Morgan fingerprint density at radius 3 is 2.81 bits per heavy atom. The van der Waals surface area contributed by atoms with E-state index in [-0.39, 0.29) is 11.9 Å². The van der Waals surface area contributed by atoms with Crippen LogP contribution >= 0.6 is 0 Å². The molecular weight excluding hydrogens is 344 g/mol. The number of hydrogen-bond acceptors (Lipinski definition) is 5. The molecule has 1 unspecified atom stereocenters. The Bertz CT molecular complexity index is 765. The Balaban J connectivity index is 1.82. The van der Waals surface area contributed by atoms with Gasteiger partial charge < -0.3 is 24.4 Å². The molecule has 0 aliphatic carbocycles. The molecule has 27 heavy (non-hydrogen) atoms. The van der Waals surface area contributed by atoms with E-state index in [0.29, 0.717) is 37.6 Å². The van der Waals surface area contributed by atoms with Gasteiger partial charge in [-0.15, -0.1) is 0 Å². The van der Waals surface area contributed by atoms with Gasteiger partial charge in [-0.3, -0.25) is 4.79 Å². The number of amides is 1. The minimum atomic E-state index is -0.0829. The van der Waals surface area contributed by atoms with Crippen LogP contribution in [-0.4, -0.2) is 57.9 Å². The van der Waals surface area contributed by atoms with Crippen molar-refractivity contribution in [3.05, 3.63) is 59.7 Å². The Kier molecular flexibility index (Phi) is 6.68. The Hall–Kier alpha value is -2.57. The molecule has 0 bridgehead atoms. The summed E-state index contributed by atoms with van der Waals surface area (Å²) in [5.74, 6) is 1.45. The molecule has 0 aromatic heterocycles. The van der Waals surface area contributed by atoms with Gasteiger partial charge in [0, 0.05) is 37.9 Å². The zero-order valence-electron chi connectivity index (χ0n) is 15.8. The first-order valence-corrected chi connectivity index (χ1v) is 9.11. The fourth-order valence-corrected chi connectivity index (χ4v) is 3.29. The van der Waals surface area contributed by atoms with Crippen LogP contribution in [0.25, 0.3) is 0 Å². The number of benzene rings is 2. The predicted molar refractivity (Wildman–Crippen MR) is 103 cm³/mol. The van der Waals surface area contributed by atoms with Gasteiger partial charge in [0.05, 0.1) is 19.8 Å². The minimum absolute atomic E-state index is 0.00963. The maximum Gasteiger partial charge on any atom is 0.254 e. The summed E-state index contributed by atoms with van der Waals surface area (Å²) in [7, 11) is 3.29. The highest BCUT2D eigenvalue weighted by Crippen LogP contribution is 2.31. The first-order chi connectivity index (χ1) is 13.2. The molecule has 1 aliphatic heterocycles. The van der Waals surface area contributed by atoms with E-state index < -0.39 is 0 Å². The average molecular weight is 370 g/mol. The van der Waals surface area contributed by atoms with E-state index in [2.05, 4.69) is 5.32 Å². The first-order valence-electron chi connectivity index (χ1n) is 9.11. The van der Waals surface area contributed by atoms with E-state index in [4.69, 9.17) is 14.2 Å². The highest BCUT2D eigenvalue weighted by atomic mass is 16.5. The molecule has 0 radical (unpaired) electrons. The van der Waals surface area contributed by atoms with Gasteiger partial charge in [-0.05, 0) is 24.3 Å². The van der Waals surface area contributed by atoms with E-state index in [1.165, 1.54) is 0 Å². The lowest BCUT2D eigenvalue weighted by Gasteiger charge is -2.37. The zero-order valence-corrected chi connectivity index (χ0v) is 15.8. The van der Waals surface area contributed by atoms with Crippen LogP contribution in [0.2, 0.25) is 0 Å². The first kappa shape index (κ1) is 19.2. The van der Waals surface area contributed by atoms with Crippen molar-refractivity contribution in [2.75, 3.05) is 47.1 Å². The number of nitrogens with one attached hydrogen (secondary N) is 1. The summed E-state index contributed by atoms with van der Waals surface area (Å²) in [4.78, 5) is 15.1. The largest absolute Gasteiger partial charge is 0.496 e. The number of ether oxygens (including phenoxy) is 3. The standard InChI is InChI=1S/C21H26N2O4/c1-25-12-13-27-17-7-5-6-16(14-17)21(24)23-11-10-22-15-19(23)18-8-3-4-9-20(18)26-2/h3-9,14,19,22H,10-13,15H2,1-2H3. The third kappa shape index (κ3) is 4.59. The molecule has 2 aromatic rings. The van der Waals surface area contributed by atoms with E-state index in [1.807, 2.05) is 47.4 Å². The molecule has 0 saturated carbocycles. The number of carbonyl (C=O) groups is 1. The van der Waals surface area contributed by atoms with Gasteiger partial charge in [0.2, 0.25) is 0 Å². The van der Waals surface area contributed by atoms with Crippen LogP contribution < -0.4 is 14.8 Å². The molecule has 0 spiro atoms. The second-order valence-corrected chi connectivity index (χ2v) is 6.33. The van der Waals surface area contributed by atoms with E-state index in [1.54, 1.807) is 20.3 Å². The number of piperazine rings is 1. The van der Waals surface area contributed by atoms with Crippen molar-refractivity contribution in [3.8, 4) is 11.5 Å². The fourth-order valence-electron chi connectivity index (χ4n) is 3.29. The lowest BCUT2D eigenvalue weighted by Crippen LogP contribution is -2.48. The highest BCUT2D eigenvalue weighted by Gasteiger charge is 2.30. The van der Waals surface area contributed by atoms with Crippen molar-refractivity contribution in [3.63, 3.8) is 0 Å². The molecular formula is C21H26N2O4. The quantitative estimate of drug-likeness (QED) is 0.759. The molecule has 6 nitrogen and oxygen atoms in total. The van der Waals surface area contributed by atoms with Gasteiger partial charge in [-0.2, -0.15) is 0 Å². The van der Waals surface area contributed by atoms with E-state index >= 15 is 0 Å². The predicted octanol–water partition coefficient (Wildman–Crippen LogP) is 2.51. The summed E-state index contributed by atoms with van der Waals surface area (Å²) in [6, 6.07) is 15.1. The number of hydrogen-bond donors (Lipinski definition) is 1. The van der Waals surface area contributed by atoms with Crippen LogP contribution in [0.3, 0.4) is 0 Å². The fraction of sp³-hybridized carbons (Fsp3) is 0.381. The highest BCUT2D eigenvalue weighted by molar-refractivity contribution is 5.95.